The number of nitrogens with one attached hydrogen (secondary N) is 1. The molecule has 2 aliphatic heterocycles. The largest absolute Gasteiger partial charge is 0.282 e. The third-order valence-electron chi connectivity index (χ3n) is 2.46. The van der Waals surface area contributed by atoms with Crippen molar-refractivity contribution in [2.45, 2.75) is 10.7 Å². The molecule has 1 amide bonds. The summed E-state index contributed by atoms with van der Waals surface area (Å²) in [6.45, 7) is 0. The molecular formula is C9H10N2OS3. The number of fused-ring (bicyclic) bond motifs is 2. The highest BCUT2D eigenvalue weighted by Crippen LogP contribution is 2.42. The van der Waals surface area contributed by atoms with Crippen molar-refractivity contribution in [1.29, 1.82) is 0 Å². The van der Waals surface area contributed by atoms with Gasteiger partial charge in [0.25, 0.3) is 5.91 Å². The number of nitrogens with zero attached hydrogens (tertiary/aromatic N) is 1. The SMILES string of the molecule is O=C(NN1C2CSC1CS2)c1cccs1. The fourth-order valence-corrected chi connectivity index (χ4v) is 5.46. The van der Waals surface area contributed by atoms with Crippen LogP contribution >= 0.6 is 34.9 Å². The summed E-state index contributed by atoms with van der Waals surface area (Å²) in [6.07, 6.45) is 0. The van der Waals surface area contributed by atoms with Crippen LogP contribution in [0.25, 0.3) is 0 Å². The molecule has 2 bridgehead atoms. The van der Waals surface area contributed by atoms with E-state index in [9.17, 15) is 4.79 Å². The fraction of sp³-hybridized carbons (Fsp3) is 0.444. The highest BCUT2D eigenvalue weighted by atomic mass is 32.2. The quantitative estimate of drug-likeness (QED) is 0.877. The van der Waals surface area contributed by atoms with E-state index in [0.29, 0.717) is 10.7 Å². The number of carbonyl (C=O) groups excluding carboxylic acids is 1. The molecule has 2 fully saturated rings. The van der Waals surface area contributed by atoms with Crippen LogP contribution in [0.5, 0.6) is 0 Å². The maximum atomic E-state index is 11.8. The van der Waals surface area contributed by atoms with E-state index in [1.165, 1.54) is 11.3 Å². The van der Waals surface area contributed by atoms with Crippen LogP contribution in [0.4, 0.5) is 0 Å². The number of hydrogen-bond donors (Lipinski definition) is 1. The van der Waals surface area contributed by atoms with Gasteiger partial charge >= 0.3 is 0 Å². The molecule has 80 valence electrons. The average Bonchev–Trinajstić information content (AvgIpc) is 2.94. The molecule has 2 atom stereocenters. The first kappa shape index (κ1) is 10.0. The van der Waals surface area contributed by atoms with Crippen molar-refractivity contribution < 1.29 is 4.79 Å². The molecule has 1 aromatic heterocycles. The molecule has 0 aliphatic carbocycles. The Morgan fingerprint density at radius 3 is 2.67 bits per heavy atom. The predicted molar refractivity (Wildman–Crippen MR) is 66.1 cm³/mol. The van der Waals surface area contributed by atoms with Crippen LogP contribution in [-0.2, 0) is 0 Å². The molecule has 0 saturated carbocycles. The van der Waals surface area contributed by atoms with Gasteiger partial charge in [0.05, 0.1) is 15.6 Å². The highest BCUT2D eigenvalue weighted by molar-refractivity contribution is 8.07. The Balaban J connectivity index is 1.69. The maximum Gasteiger partial charge on any atom is 0.275 e. The van der Waals surface area contributed by atoms with Crippen LogP contribution in [-0.4, -0.2) is 33.2 Å². The van der Waals surface area contributed by atoms with Crippen LogP contribution in [0.1, 0.15) is 9.67 Å². The van der Waals surface area contributed by atoms with Crippen molar-refractivity contribution in [3.8, 4) is 0 Å². The van der Waals surface area contributed by atoms with Gasteiger partial charge in [-0.25, -0.2) is 0 Å². The lowest BCUT2D eigenvalue weighted by Gasteiger charge is -2.19. The zero-order valence-corrected chi connectivity index (χ0v) is 10.3. The van der Waals surface area contributed by atoms with E-state index in [4.69, 9.17) is 0 Å². The predicted octanol–water partition coefficient (Wildman–Crippen LogP) is 1.84. The average molecular weight is 258 g/mol. The molecule has 1 aromatic rings. The number of carbonyl (C=O) groups is 1. The third-order valence-corrected chi connectivity index (χ3v) is 6.32. The standard InChI is InChI=1S/C9H10N2OS3/c12-9(6-2-1-3-13-6)10-11-7-4-14-8(11)5-15-7/h1-3,7-8H,4-5H2,(H,10,12). The molecule has 6 heteroatoms. The first-order valence-electron chi connectivity index (χ1n) is 4.70. The third kappa shape index (κ3) is 1.80. The fourth-order valence-electron chi connectivity index (χ4n) is 1.71. The summed E-state index contributed by atoms with van der Waals surface area (Å²) in [4.78, 5) is 12.6. The van der Waals surface area contributed by atoms with Gasteiger partial charge in [-0.15, -0.1) is 34.9 Å². The van der Waals surface area contributed by atoms with Gasteiger partial charge in [-0.3, -0.25) is 10.2 Å². The van der Waals surface area contributed by atoms with Gasteiger partial charge in [-0.1, -0.05) is 6.07 Å². The lowest BCUT2D eigenvalue weighted by molar-refractivity contribution is 0.0802. The molecule has 3 rings (SSSR count). The summed E-state index contributed by atoms with van der Waals surface area (Å²) < 4.78 is 0. The lowest BCUT2D eigenvalue weighted by atomic mass is 10.4. The van der Waals surface area contributed by atoms with Crippen molar-refractivity contribution in [3.05, 3.63) is 22.4 Å². The number of thiophene rings is 1. The van der Waals surface area contributed by atoms with Gasteiger partial charge in [0.1, 0.15) is 0 Å². The summed E-state index contributed by atoms with van der Waals surface area (Å²) in [5, 5.41) is 4.99. The minimum Gasteiger partial charge on any atom is -0.282 e. The first-order valence-corrected chi connectivity index (χ1v) is 7.68. The van der Waals surface area contributed by atoms with Crippen LogP contribution in [0.3, 0.4) is 0 Å². The summed E-state index contributed by atoms with van der Waals surface area (Å²) in [5.41, 5.74) is 3.01. The van der Waals surface area contributed by atoms with Crippen molar-refractivity contribution in [3.63, 3.8) is 0 Å². The van der Waals surface area contributed by atoms with E-state index < -0.39 is 0 Å². The monoisotopic (exact) mass is 258 g/mol. The van der Waals surface area contributed by atoms with Crippen LogP contribution in [0, 0.1) is 0 Å². The summed E-state index contributed by atoms with van der Waals surface area (Å²) in [7, 11) is 0. The minimum atomic E-state index is 0.0324. The lowest BCUT2D eigenvalue weighted by Crippen LogP contribution is -2.45. The minimum absolute atomic E-state index is 0.0324. The number of amides is 1. The molecular weight excluding hydrogens is 248 g/mol. The Bertz CT molecular complexity index is 347. The number of hydrazine groups is 1. The van der Waals surface area contributed by atoms with Crippen LogP contribution in [0.15, 0.2) is 17.5 Å². The summed E-state index contributed by atoms with van der Waals surface area (Å²) in [6, 6.07) is 3.76. The van der Waals surface area contributed by atoms with Gasteiger partial charge < -0.3 is 0 Å². The first-order chi connectivity index (χ1) is 7.34. The summed E-state index contributed by atoms with van der Waals surface area (Å²) in [5.74, 6) is 2.28. The molecule has 0 aromatic carbocycles. The van der Waals surface area contributed by atoms with E-state index in [2.05, 4.69) is 10.4 Å². The van der Waals surface area contributed by atoms with Gasteiger partial charge in [0, 0.05) is 11.5 Å². The zero-order valence-electron chi connectivity index (χ0n) is 7.88. The maximum absolute atomic E-state index is 11.8. The van der Waals surface area contributed by atoms with Crippen molar-refractivity contribution in [1.82, 2.24) is 10.4 Å². The summed E-state index contributed by atoms with van der Waals surface area (Å²) >= 11 is 5.35. The van der Waals surface area contributed by atoms with Crippen molar-refractivity contribution in [2.75, 3.05) is 11.5 Å². The smallest absolute Gasteiger partial charge is 0.275 e. The Morgan fingerprint density at radius 2 is 2.13 bits per heavy atom. The second-order valence-corrected chi connectivity index (χ2v) is 6.77. The molecule has 1 N–H and O–H groups in total. The van der Waals surface area contributed by atoms with Gasteiger partial charge in [0.15, 0.2) is 0 Å². The van der Waals surface area contributed by atoms with E-state index in [0.717, 1.165) is 16.4 Å². The van der Waals surface area contributed by atoms with Crippen molar-refractivity contribution >= 4 is 40.8 Å². The molecule has 0 radical (unpaired) electrons. The molecule has 2 unspecified atom stereocenters. The van der Waals surface area contributed by atoms with E-state index in [-0.39, 0.29) is 5.91 Å². The highest BCUT2D eigenvalue weighted by Gasteiger charge is 2.41. The Hall–Kier alpha value is -0.170. The van der Waals surface area contributed by atoms with Gasteiger partial charge in [-0.2, -0.15) is 5.01 Å². The van der Waals surface area contributed by atoms with Crippen molar-refractivity contribution in [2.24, 2.45) is 0 Å². The normalized spacial score (nSPS) is 29.6. The van der Waals surface area contributed by atoms with Crippen LogP contribution in [0.2, 0.25) is 0 Å². The van der Waals surface area contributed by atoms with E-state index in [1.54, 1.807) is 0 Å². The molecule has 3 nitrogen and oxygen atoms in total. The second kappa shape index (κ2) is 4.01. The van der Waals surface area contributed by atoms with Gasteiger partial charge in [0.2, 0.25) is 0 Å². The molecule has 2 saturated heterocycles. The zero-order chi connectivity index (χ0) is 10.3. The Morgan fingerprint density at radius 1 is 1.40 bits per heavy atom. The topological polar surface area (TPSA) is 32.3 Å². The number of hydrogen-bond acceptors (Lipinski definition) is 5. The van der Waals surface area contributed by atoms with Gasteiger partial charge in [-0.05, 0) is 11.4 Å². The molecule has 3 heterocycles. The molecule has 2 aliphatic rings. The second-order valence-electron chi connectivity index (χ2n) is 3.40. The molecule has 0 spiro atoms. The number of thioether (sulfide) groups is 2. The Kier molecular flexibility index (Phi) is 2.68. The number of rotatable bonds is 2. The van der Waals surface area contributed by atoms with E-state index >= 15 is 0 Å². The molecule has 15 heavy (non-hydrogen) atoms. The van der Waals surface area contributed by atoms with E-state index in [1.807, 2.05) is 41.0 Å². The van der Waals surface area contributed by atoms with Crippen LogP contribution < -0.4 is 5.43 Å². The Labute approximate surface area is 101 Å².